The van der Waals surface area contributed by atoms with E-state index in [0.717, 1.165) is 31.6 Å². The van der Waals surface area contributed by atoms with Crippen LogP contribution in [-0.4, -0.2) is 25.0 Å². The third-order valence-corrected chi connectivity index (χ3v) is 3.64. The Morgan fingerprint density at radius 2 is 2.44 bits per heavy atom. The molecule has 1 saturated heterocycles. The van der Waals surface area contributed by atoms with E-state index in [1.807, 2.05) is 12.1 Å². The molecule has 0 aliphatic carbocycles. The molecule has 4 heteroatoms. The molecule has 4 nitrogen and oxygen atoms in total. The molecule has 1 unspecified atom stereocenters. The fraction of sp³-hybridized carbons (Fsp3) is 0.643. The molecular weight excluding hydrogens is 228 g/mol. The largest absolute Gasteiger partial charge is 0.469 e. The third kappa shape index (κ3) is 3.13. The Morgan fingerprint density at radius 1 is 1.61 bits per heavy atom. The van der Waals surface area contributed by atoms with Crippen molar-refractivity contribution in [2.75, 3.05) is 13.1 Å². The van der Waals surface area contributed by atoms with Crippen LogP contribution in [-0.2, 0) is 11.2 Å². The number of carbonyl (C=O) groups is 1. The zero-order valence-electron chi connectivity index (χ0n) is 11.2. The Hall–Kier alpha value is -1.29. The minimum atomic E-state index is -0.0807. The average Bonchev–Trinajstić information content (AvgIpc) is 2.81. The molecule has 18 heavy (non-hydrogen) atoms. The van der Waals surface area contributed by atoms with Crippen molar-refractivity contribution in [3.05, 3.63) is 24.2 Å². The minimum Gasteiger partial charge on any atom is -0.469 e. The number of hydrogen-bond donors (Lipinski definition) is 2. The van der Waals surface area contributed by atoms with E-state index in [2.05, 4.69) is 24.5 Å². The Bertz CT molecular complexity index is 385. The van der Waals surface area contributed by atoms with Crippen LogP contribution in [0.5, 0.6) is 0 Å². The second kappa shape index (κ2) is 5.57. The molecule has 1 aliphatic heterocycles. The first kappa shape index (κ1) is 13.1. The molecule has 1 aromatic rings. The van der Waals surface area contributed by atoms with Gasteiger partial charge in [-0.3, -0.25) is 4.79 Å². The number of hydrogen-bond acceptors (Lipinski definition) is 3. The van der Waals surface area contributed by atoms with E-state index >= 15 is 0 Å². The van der Waals surface area contributed by atoms with Crippen molar-refractivity contribution in [2.45, 2.75) is 39.2 Å². The summed E-state index contributed by atoms with van der Waals surface area (Å²) in [7, 11) is 0. The molecule has 0 spiro atoms. The smallest absolute Gasteiger partial charge is 0.237 e. The van der Waals surface area contributed by atoms with Gasteiger partial charge in [-0.1, -0.05) is 13.8 Å². The summed E-state index contributed by atoms with van der Waals surface area (Å²) >= 11 is 0. The van der Waals surface area contributed by atoms with Crippen molar-refractivity contribution >= 4 is 5.91 Å². The lowest BCUT2D eigenvalue weighted by molar-refractivity contribution is -0.126. The van der Waals surface area contributed by atoms with Gasteiger partial charge in [0.2, 0.25) is 5.91 Å². The van der Waals surface area contributed by atoms with Crippen LogP contribution in [0.3, 0.4) is 0 Å². The fourth-order valence-corrected chi connectivity index (χ4v) is 2.52. The lowest BCUT2D eigenvalue weighted by Crippen LogP contribution is -2.55. The molecule has 0 aromatic carbocycles. The second-order valence-electron chi connectivity index (χ2n) is 5.60. The summed E-state index contributed by atoms with van der Waals surface area (Å²) < 4.78 is 5.23. The van der Waals surface area contributed by atoms with Gasteiger partial charge in [0.1, 0.15) is 5.76 Å². The quantitative estimate of drug-likeness (QED) is 0.855. The fourth-order valence-electron chi connectivity index (χ4n) is 2.52. The molecule has 1 amide bonds. The van der Waals surface area contributed by atoms with Crippen LogP contribution in [0.1, 0.15) is 32.4 Å². The number of piperidine rings is 1. The van der Waals surface area contributed by atoms with Crippen LogP contribution < -0.4 is 10.6 Å². The molecular formula is C14H22N2O2. The number of rotatable bonds is 4. The lowest BCUT2D eigenvalue weighted by atomic mass is 9.77. The van der Waals surface area contributed by atoms with Gasteiger partial charge in [0.05, 0.1) is 12.3 Å². The molecule has 1 aliphatic rings. The van der Waals surface area contributed by atoms with Gasteiger partial charge >= 0.3 is 0 Å². The van der Waals surface area contributed by atoms with Crippen LogP contribution in [0, 0.1) is 5.41 Å². The van der Waals surface area contributed by atoms with Gasteiger partial charge in [0.25, 0.3) is 0 Å². The summed E-state index contributed by atoms with van der Waals surface area (Å²) in [4.78, 5) is 12.1. The summed E-state index contributed by atoms with van der Waals surface area (Å²) in [6.45, 7) is 5.85. The summed E-state index contributed by atoms with van der Waals surface area (Å²) in [6, 6.07) is 3.71. The maximum absolute atomic E-state index is 12.1. The summed E-state index contributed by atoms with van der Waals surface area (Å²) in [5.41, 5.74) is 0.0347. The monoisotopic (exact) mass is 250 g/mol. The van der Waals surface area contributed by atoms with Crippen LogP contribution >= 0.6 is 0 Å². The summed E-state index contributed by atoms with van der Waals surface area (Å²) in [5.74, 6) is 1.01. The Balaban J connectivity index is 1.80. The van der Waals surface area contributed by atoms with Crippen LogP contribution in [0.15, 0.2) is 22.8 Å². The van der Waals surface area contributed by atoms with Gasteiger partial charge in [-0.25, -0.2) is 0 Å². The van der Waals surface area contributed by atoms with Crippen LogP contribution in [0.25, 0.3) is 0 Å². The van der Waals surface area contributed by atoms with Crippen molar-refractivity contribution in [3.63, 3.8) is 0 Å². The molecule has 0 saturated carbocycles. The van der Waals surface area contributed by atoms with Crippen molar-refractivity contribution in [3.8, 4) is 0 Å². The van der Waals surface area contributed by atoms with E-state index in [9.17, 15) is 4.79 Å². The van der Waals surface area contributed by atoms with Crippen molar-refractivity contribution in [2.24, 2.45) is 5.41 Å². The highest BCUT2D eigenvalue weighted by molar-refractivity contribution is 5.82. The standard InChI is InChI=1S/C14H22N2O2/c1-14(2)7-4-8-15-12(14)13(17)16-9-6-11-5-3-10-18-11/h3,5,10,12,15H,4,6-9H2,1-2H3,(H,16,17). The molecule has 1 aromatic heterocycles. The Labute approximate surface area is 108 Å². The van der Waals surface area contributed by atoms with E-state index in [-0.39, 0.29) is 17.4 Å². The van der Waals surface area contributed by atoms with E-state index in [0.29, 0.717) is 6.54 Å². The number of amides is 1. The van der Waals surface area contributed by atoms with Crippen LogP contribution in [0.4, 0.5) is 0 Å². The van der Waals surface area contributed by atoms with Crippen molar-refractivity contribution < 1.29 is 9.21 Å². The molecule has 1 atom stereocenters. The molecule has 100 valence electrons. The maximum Gasteiger partial charge on any atom is 0.237 e. The first-order valence-electron chi connectivity index (χ1n) is 6.63. The predicted molar refractivity (Wildman–Crippen MR) is 70.2 cm³/mol. The lowest BCUT2D eigenvalue weighted by Gasteiger charge is -2.38. The van der Waals surface area contributed by atoms with Gasteiger partial charge in [-0.15, -0.1) is 0 Å². The molecule has 0 bridgehead atoms. The normalized spacial score (nSPS) is 22.7. The van der Waals surface area contributed by atoms with Crippen LogP contribution in [0.2, 0.25) is 0 Å². The highest BCUT2D eigenvalue weighted by atomic mass is 16.3. The minimum absolute atomic E-state index is 0.0347. The molecule has 1 fully saturated rings. The number of furan rings is 1. The zero-order valence-corrected chi connectivity index (χ0v) is 11.2. The molecule has 2 heterocycles. The average molecular weight is 250 g/mol. The van der Waals surface area contributed by atoms with Gasteiger partial charge in [-0.05, 0) is 36.9 Å². The van der Waals surface area contributed by atoms with E-state index in [1.54, 1.807) is 6.26 Å². The summed E-state index contributed by atoms with van der Waals surface area (Å²) in [5, 5.41) is 6.30. The Kier molecular flexibility index (Phi) is 4.07. The second-order valence-corrected chi connectivity index (χ2v) is 5.60. The predicted octanol–water partition coefficient (Wildman–Crippen LogP) is 1.72. The Morgan fingerprint density at radius 3 is 3.11 bits per heavy atom. The van der Waals surface area contributed by atoms with Gasteiger partial charge in [0.15, 0.2) is 0 Å². The van der Waals surface area contributed by atoms with Crippen molar-refractivity contribution in [1.82, 2.24) is 10.6 Å². The van der Waals surface area contributed by atoms with E-state index in [4.69, 9.17) is 4.42 Å². The van der Waals surface area contributed by atoms with Crippen molar-refractivity contribution in [1.29, 1.82) is 0 Å². The zero-order chi connectivity index (χ0) is 13.0. The highest BCUT2D eigenvalue weighted by Crippen LogP contribution is 2.29. The highest BCUT2D eigenvalue weighted by Gasteiger charge is 2.36. The van der Waals surface area contributed by atoms with Gasteiger partial charge < -0.3 is 15.1 Å². The SMILES string of the molecule is CC1(C)CCCNC1C(=O)NCCc1ccco1. The molecule has 0 radical (unpaired) electrons. The topological polar surface area (TPSA) is 54.3 Å². The molecule has 2 rings (SSSR count). The van der Waals surface area contributed by atoms with E-state index < -0.39 is 0 Å². The first-order chi connectivity index (χ1) is 8.59. The number of nitrogens with one attached hydrogen (secondary N) is 2. The number of carbonyl (C=O) groups excluding carboxylic acids is 1. The van der Waals surface area contributed by atoms with Gasteiger partial charge in [0, 0.05) is 13.0 Å². The summed E-state index contributed by atoms with van der Waals surface area (Å²) in [6.07, 6.45) is 4.63. The van der Waals surface area contributed by atoms with E-state index in [1.165, 1.54) is 0 Å². The molecule has 2 N–H and O–H groups in total. The first-order valence-corrected chi connectivity index (χ1v) is 6.63. The third-order valence-electron chi connectivity index (χ3n) is 3.64. The maximum atomic E-state index is 12.1. The van der Waals surface area contributed by atoms with Gasteiger partial charge in [-0.2, -0.15) is 0 Å².